The molecule has 0 saturated heterocycles. The van der Waals surface area contributed by atoms with Crippen molar-refractivity contribution in [2.24, 2.45) is 5.10 Å². The van der Waals surface area contributed by atoms with Crippen molar-refractivity contribution in [3.63, 3.8) is 0 Å². The number of nitrogens with one attached hydrogen (secondary N) is 1. The van der Waals surface area contributed by atoms with Crippen LogP contribution in [0.1, 0.15) is 23.6 Å². The predicted octanol–water partition coefficient (Wildman–Crippen LogP) is 4.84. The number of aryl methyl sites for hydroxylation is 2. The van der Waals surface area contributed by atoms with E-state index in [1.807, 2.05) is 32.0 Å². The number of benzene rings is 3. The van der Waals surface area contributed by atoms with Gasteiger partial charge in [0, 0.05) is 6.07 Å². The van der Waals surface area contributed by atoms with Crippen LogP contribution in [0, 0.1) is 34.1 Å². The van der Waals surface area contributed by atoms with Crippen LogP contribution in [0.15, 0.2) is 59.7 Å². The van der Waals surface area contributed by atoms with E-state index in [0.29, 0.717) is 11.3 Å². The Kier molecular flexibility index (Phi) is 8.71. The average molecular weight is 508 g/mol. The maximum absolute atomic E-state index is 12.1. The highest BCUT2D eigenvalue weighted by molar-refractivity contribution is 5.83. The minimum absolute atomic E-state index is 0.154. The van der Waals surface area contributed by atoms with Gasteiger partial charge in [-0.2, -0.15) is 5.10 Å². The fraction of sp³-hybridized carbons (Fsp3) is 0.200. The lowest BCUT2D eigenvalue weighted by Gasteiger charge is -2.12. The van der Waals surface area contributed by atoms with Gasteiger partial charge in [-0.25, -0.2) is 5.43 Å². The Morgan fingerprint density at radius 2 is 1.62 bits per heavy atom. The van der Waals surface area contributed by atoms with Gasteiger partial charge in [-0.15, -0.1) is 0 Å². The monoisotopic (exact) mass is 508 g/mol. The van der Waals surface area contributed by atoms with Gasteiger partial charge in [-0.1, -0.05) is 6.07 Å². The van der Waals surface area contributed by atoms with Crippen LogP contribution in [0.3, 0.4) is 0 Å². The van der Waals surface area contributed by atoms with E-state index in [4.69, 9.17) is 14.2 Å². The molecule has 0 fully saturated rings. The van der Waals surface area contributed by atoms with Crippen LogP contribution in [0.2, 0.25) is 0 Å². The predicted molar refractivity (Wildman–Crippen MR) is 135 cm³/mol. The zero-order valence-corrected chi connectivity index (χ0v) is 20.3. The van der Waals surface area contributed by atoms with Gasteiger partial charge in [0.05, 0.1) is 28.7 Å². The lowest BCUT2D eigenvalue weighted by molar-refractivity contribution is -0.394. The second kappa shape index (κ2) is 12.1. The number of amides is 1. The number of carbonyl (C=O) groups excluding carboxylic acids is 1. The topological polar surface area (TPSA) is 155 Å². The van der Waals surface area contributed by atoms with Crippen molar-refractivity contribution >= 4 is 23.5 Å². The summed E-state index contributed by atoms with van der Waals surface area (Å²) in [4.78, 5) is 32.9. The summed E-state index contributed by atoms with van der Waals surface area (Å²) in [6.07, 6.45) is 1.38. The number of carbonyl (C=O) groups is 1. The molecule has 0 aliphatic carbocycles. The summed E-state index contributed by atoms with van der Waals surface area (Å²) in [6, 6.07) is 13.4. The molecule has 12 nitrogen and oxygen atoms in total. The smallest absolute Gasteiger partial charge is 0.318 e. The molecular formula is C25H24N4O8. The van der Waals surface area contributed by atoms with E-state index in [2.05, 4.69) is 10.5 Å². The molecule has 0 unspecified atom stereocenters. The third-order valence-electron chi connectivity index (χ3n) is 4.81. The van der Waals surface area contributed by atoms with Gasteiger partial charge in [-0.3, -0.25) is 25.0 Å². The van der Waals surface area contributed by atoms with Crippen molar-refractivity contribution in [2.45, 2.75) is 20.8 Å². The van der Waals surface area contributed by atoms with Gasteiger partial charge in [0.15, 0.2) is 18.1 Å². The molecule has 3 aromatic rings. The number of hydrazone groups is 1. The molecule has 0 bridgehead atoms. The molecule has 3 rings (SSSR count). The van der Waals surface area contributed by atoms with E-state index in [1.54, 1.807) is 19.1 Å². The first-order chi connectivity index (χ1) is 17.7. The molecule has 192 valence electrons. The number of nitro benzene ring substituents is 2. The largest absolute Gasteiger partial charge is 0.490 e. The van der Waals surface area contributed by atoms with Crippen molar-refractivity contribution in [1.82, 2.24) is 5.43 Å². The van der Waals surface area contributed by atoms with Crippen molar-refractivity contribution in [2.75, 3.05) is 13.2 Å². The van der Waals surface area contributed by atoms with Crippen LogP contribution in [0.5, 0.6) is 23.0 Å². The highest BCUT2D eigenvalue weighted by atomic mass is 16.6. The van der Waals surface area contributed by atoms with E-state index >= 15 is 0 Å². The standard InChI is InChI=1S/C25H24N4O8/c1-4-35-24-12-18(14-26-27-25(30)15-36-20-10-16(2)9-17(3)11-20)5-7-23(24)37-22-8-6-19(28(31)32)13-21(22)29(33)34/h5-14H,4,15H2,1-3H3,(H,27,30)/b26-14+. The summed E-state index contributed by atoms with van der Waals surface area (Å²) >= 11 is 0. The molecular weight excluding hydrogens is 484 g/mol. The molecule has 0 radical (unpaired) electrons. The summed E-state index contributed by atoms with van der Waals surface area (Å²) in [6.45, 7) is 5.67. The number of nitro groups is 2. The average Bonchev–Trinajstić information content (AvgIpc) is 2.84. The SMILES string of the molecule is CCOc1cc(/C=N/NC(=O)COc2cc(C)cc(C)c2)ccc1Oc1ccc([N+](=O)[O-])cc1[N+](=O)[O-]. The Balaban J connectivity index is 1.69. The molecule has 37 heavy (non-hydrogen) atoms. The lowest BCUT2D eigenvalue weighted by Crippen LogP contribution is -2.24. The van der Waals surface area contributed by atoms with E-state index in [9.17, 15) is 25.0 Å². The second-order valence-electron chi connectivity index (χ2n) is 7.81. The van der Waals surface area contributed by atoms with E-state index in [-0.39, 0.29) is 30.5 Å². The minimum atomic E-state index is -0.768. The Labute approximate surface area is 211 Å². The fourth-order valence-electron chi connectivity index (χ4n) is 3.30. The summed E-state index contributed by atoms with van der Waals surface area (Å²) in [7, 11) is 0. The molecule has 0 atom stereocenters. The molecule has 0 saturated carbocycles. The van der Waals surface area contributed by atoms with E-state index in [1.165, 1.54) is 12.3 Å². The van der Waals surface area contributed by atoms with Crippen LogP contribution in [-0.2, 0) is 4.79 Å². The minimum Gasteiger partial charge on any atom is -0.490 e. The Morgan fingerprint density at radius 3 is 2.27 bits per heavy atom. The Bertz CT molecular complexity index is 1340. The summed E-state index contributed by atoms with van der Waals surface area (Å²) in [5.74, 6) is 0.354. The zero-order chi connectivity index (χ0) is 26.9. The number of non-ortho nitro benzene ring substituents is 1. The third kappa shape index (κ3) is 7.49. The molecule has 0 aliphatic heterocycles. The first kappa shape index (κ1) is 26.6. The number of rotatable bonds is 11. The molecule has 3 aromatic carbocycles. The van der Waals surface area contributed by atoms with Gasteiger partial charge in [0.25, 0.3) is 11.6 Å². The van der Waals surface area contributed by atoms with Crippen LogP contribution < -0.4 is 19.6 Å². The van der Waals surface area contributed by atoms with Crippen molar-refractivity contribution < 1.29 is 28.9 Å². The molecule has 0 heterocycles. The lowest BCUT2D eigenvalue weighted by atomic mass is 10.1. The van der Waals surface area contributed by atoms with Crippen LogP contribution >= 0.6 is 0 Å². The number of nitrogens with zero attached hydrogens (tertiary/aromatic N) is 3. The summed E-state index contributed by atoms with van der Waals surface area (Å²) in [5.41, 5.74) is 3.97. The molecule has 0 aromatic heterocycles. The number of hydrogen-bond donors (Lipinski definition) is 1. The molecule has 1 amide bonds. The van der Waals surface area contributed by atoms with Crippen molar-refractivity contribution in [3.05, 3.63) is 91.5 Å². The van der Waals surface area contributed by atoms with Crippen molar-refractivity contribution in [3.8, 4) is 23.0 Å². The normalized spacial score (nSPS) is 10.7. The number of hydrogen-bond acceptors (Lipinski definition) is 9. The van der Waals surface area contributed by atoms with Gasteiger partial charge in [0.2, 0.25) is 5.75 Å². The first-order valence-corrected chi connectivity index (χ1v) is 11.1. The highest BCUT2D eigenvalue weighted by Gasteiger charge is 2.22. The Morgan fingerprint density at radius 1 is 0.919 bits per heavy atom. The first-order valence-electron chi connectivity index (χ1n) is 11.1. The molecule has 0 spiro atoms. The molecule has 1 N–H and O–H groups in total. The van der Waals surface area contributed by atoms with E-state index < -0.39 is 27.1 Å². The van der Waals surface area contributed by atoms with Gasteiger partial charge >= 0.3 is 5.69 Å². The highest BCUT2D eigenvalue weighted by Crippen LogP contribution is 2.38. The Hall–Kier alpha value is -5.00. The maximum atomic E-state index is 12.1. The fourth-order valence-corrected chi connectivity index (χ4v) is 3.30. The van der Waals surface area contributed by atoms with Gasteiger partial charge < -0.3 is 14.2 Å². The van der Waals surface area contributed by atoms with Crippen LogP contribution in [0.4, 0.5) is 11.4 Å². The van der Waals surface area contributed by atoms with Crippen molar-refractivity contribution in [1.29, 1.82) is 0 Å². The van der Waals surface area contributed by atoms with Gasteiger partial charge in [-0.05, 0) is 73.9 Å². The molecule has 0 aliphatic rings. The zero-order valence-electron chi connectivity index (χ0n) is 20.3. The van der Waals surface area contributed by atoms with Crippen LogP contribution in [-0.4, -0.2) is 35.2 Å². The van der Waals surface area contributed by atoms with Crippen LogP contribution in [0.25, 0.3) is 0 Å². The quantitative estimate of drug-likeness (QED) is 0.219. The summed E-state index contributed by atoms with van der Waals surface area (Å²) in [5, 5.41) is 26.3. The number of ether oxygens (including phenoxy) is 3. The third-order valence-corrected chi connectivity index (χ3v) is 4.81. The summed E-state index contributed by atoms with van der Waals surface area (Å²) < 4.78 is 16.7. The molecule has 12 heteroatoms. The van der Waals surface area contributed by atoms with E-state index in [0.717, 1.165) is 29.3 Å². The van der Waals surface area contributed by atoms with Gasteiger partial charge in [0.1, 0.15) is 5.75 Å². The maximum Gasteiger partial charge on any atom is 0.318 e. The second-order valence-corrected chi connectivity index (χ2v) is 7.81.